The Bertz CT molecular complexity index is 1630. The van der Waals surface area contributed by atoms with Gasteiger partial charge in [-0.05, 0) is 37.5 Å². The minimum absolute atomic E-state index is 0.0363. The number of piperazine rings is 1. The number of anilines is 2. The molecule has 5 rings (SSSR count). The third kappa shape index (κ3) is 5.38. The van der Waals surface area contributed by atoms with Crippen LogP contribution in [0.5, 0.6) is 0 Å². The Morgan fingerprint density at radius 1 is 1.17 bits per heavy atom. The average Bonchev–Trinajstić information content (AvgIpc) is 2.96. The Morgan fingerprint density at radius 2 is 1.90 bits per heavy atom. The van der Waals surface area contributed by atoms with Crippen molar-refractivity contribution in [3.63, 3.8) is 0 Å². The molecule has 2 aliphatic rings. The molecule has 14 heteroatoms. The van der Waals surface area contributed by atoms with Crippen LogP contribution in [0.3, 0.4) is 0 Å². The average molecular weight is 585 g/mol. The molecular weight excluding hydrogens is 556 g/mol. The molecule has 1 aromatic carbocycles. The Morgan fingerprint density at radius 3 is 2.57 bits per heavy atom. The topological polar surface area (TPSA) is 111 Å². The van der Waals surface area contributed by atoms with E-state index in [-0.39, 0.29) is 60.7 Å². The predicted molar refractivity (Wildman–Crippen MR) is 147 cm³/mol. The standard InChI is InChI=1S/C28H28F4N8O2/c1-3-22(41)39-14-13-38(16-19(39)7-10-33)25-20-15-34-40(21-6-4-5-17(2)23(21)28(30,31)32)26(42)24(20)35-27(36-25)37-11-8-18(29)9-12-37/h3-6,15,18-19H,1,7-9,11-14,16H2,2H3. The summed E-state index contributed by atoms with van der Waals surface area (Å²) in [6.07, 6.45) is -2.77. The second-order valence-corrected chi connectivity index (χ2v) is 10.3. The van der Waals surface area contributed by atoms with Crippen LogP contribution in [0.25, 0.3) is 16.6 Å². The first kappa shape index (κ1) is 29.0. The van der Waals surface area contributed by atoms with Crippen LogP contribution in [0.2, 0.25) is 0 Å². The maximum Gasteiger partial charge on any atom is 0.418 e. The Kier molecular flexibility index (Phi) is 7.85. The van der Waals surface area contributed by atoms with Crippen molar-refractivity contribution in [1.82, 2.24) is 24.6 Å². The first-order chi connectivity index (χ1) is 20.0. The molecule has 2 aromatic heterocycles. The number of benzene rings is 1. The van der Waals surface area contributed by atoms with Crippen molar-refractivity contribution in [3.8, 4) is 11.8 Å². The van der Waals surface area contributed by atoms with Crippen LogP contribution in [0.15, 0.2) is 41.8 Å². The lowest BCUT2D eigenvalue weighted by Gasteiger charge is -2.41. The maximum atomic E-state index is 14.0. The zero-order valence-electron chi connectivity index (χ0n) is 22.8. The quantitative estimate of drug-likeness (QED) is 0.331. The number of carbonyl (C=O) groups is 1. The van der Waals surface area contributed by atoms with Gasteiger partial charge in [-0.3, -0.25) is 9.59 Å². The van der Waals surface area contributed by atoms with Gasteiger partial charge in [-0.2, -0.15) is 33.2 Å². The van der Waals surface area contributed by atoms with Gasteiger partial charge in [-0.1, -0.05) is 18.7 Å². The number of aryl methyl sites for hydroxylation is 1. The molecule has 4 heterocycles. The monoisotopic (exact) mass is 584 g/mol. The van der Waals surface area contributed by atoms with E-state index < -0.39 is 35.2 Å². The number of nitriles is 1. The van der Waals surface area contributed by atoms with Crippen LogP contribution in [0.4, 0.5) is 29.3 Å². The molecule has 0 aliphatic carbocycles. The minimum Gasteiger partial charge on any atom is -0.352 e. The molecule has 0 N–H and O–H groups in total. The number of halogens is 4. The predicted octanol–water partition coefficient (Wildman–Crippen LogP) is 3.56. The van der Waals surface area contributed by atoms with Gasteiger partial charge in [0, 0.05) is 32.7 Å². The summed E-state index contributed by atoms with van der Waals surface area (Å²) in [5.41, 5.74) is -2.50. The molecule has 220 valence electrons. The molecule has 1 amide bonds. The Balaban J connectivity index is 1.67. The molecule has 10 nitrogen and oxygen atoms in total. The summed E-state index contributed by atoms with van der Waals surface area (Å²) < 4.78 is 56.7. The highest BCUT2D eigenvalue weighted by Crippen LogP contribution is 2.36. The highest BCUT2D eigenvalue weighted by Gasteiger charge is 2.37. The first-order valence-electron chi connectivity index (χ1n) is 13.4. The highest BCUT2D eigenvalue weighted by molar-refractivity contribution is 5.90. The number of amides is 1. The number of fused-ring (bicyclic) bond motifs is 1. The summed E-state index contributed by atoms with van der Waals surface area (Å²) in [5.74, 6) is 0.115. The second kappa shape index (κ2) is 11.4. The molecule has 2 fully saturated rings. The smallest absolute Gasteiger partial charge is 0.352 e. The molecule has 2 aliphatic heterocycles. The van der Waals surface area contributed by atoms with E-state index in [1.807, 2.05) is 4.90 Å². The van der Waals surface area contributed by atoms with Gasteiger partial charge in [0.05, 0.1) is 41.4 Å². The van der Waals surface area contributed by atoms with Gasteiger partial charge in [-0.15, -0.1) is 0 Å². The number of carbonyl (C=O) groups excluding carboxylic acids is 1. The third-order valence-electron chi connectivity index (χ3n) is 7.65. The van der Waals surface area contributed by atoms with Crippen molar-refractivity contribution >= 4 is 28.6 Å². The molecule has 0 radical (unpaired) electrons. The maximum absolute atomic E-state index is 14.0. The fraction of sp³-hybridized carbons (Fsp3) is 0.429. The fourth-order valence-corrected chi connectivity index (χ4v) is 5.53. The van der Waals surface area contributed by atoms with E-state index in [4.69, 9.17) is 4.98 Å². The van der Waals surface area contributed by atoms with Gasteiger partial charge in [0.2, 0.25) is 11.9 Å². The fourth-order valence-electron chi connectivity index (χ4n) is 5.53. The molecule has 1 unspecified atom stereocenters. The van der Waals surface area contributed by atoms with E-state index in [0.29, 0.717) is 30.1 Å². The molecular formula is C28H28F4N8O2. The van der Waals surface area contributed by atoms with Crippen LogP contribution in [-0.2, 0) is 11.0 Å². The number of piperidine rings is 1. The summed E-state index contributed by atoms with van der Waals surface area (Å²) >= 11 is 0. The molecule has 0 saturated carbocycles. The highest BCUT2D eigenvalue weighted by atomic mass is 19.4. The van der Waals surface area contributed by atoms with E-state index in [0.717, 1.165) is 0 Å². The largest absolute Gasteiger partial charge is 0.418 e. The number of alkyl halides is 4. The van der Waals surface area contributed by atoms with Gasteiger partial charge in [0.1, 0.15) is 17.5 Å². The summed E-state index contributed by atoms with van der Waals surface area (Å²) in [5, 5.41) is 13.7. The lowest BCUT2D eigenvalue weighted by molar-refractivity contribution is -0.138. The number of hydrogen-bond acceptors (Lipinski definition) is 8. The van der Waals surface area contributed by atoms with E-state index in [9.17, 15) is 32.4 Å². The van der Waals surface area contributed by atoms with E-state index >= 15 is 0 Å². The van der Waals surface area contributed by atoms with E-state index in [2.05, 4.69) is 22.7 Å². The van der Waals surface area contributed by atoms with Crippen molar-refractivity contribution in [1.29, 1.82) is 5.26 Å². The summed E-state index contributed by atoms with van der Waals surface area (Å²) in [7, 11) is 0. The Labute approximate surface area is 238 Å². The lowest BCUT2D eigenvalue weighted by Crippen LogP contribution is -2.55. The molecule has 42 heavy (non-hydrogen) atoms. The third-order valence-corrected chi connectivity index (χ3v) is 7.65. The van der Waals surface area contributed by atoms with Gasteiger partial charge in [0.15, 0.2) is 0 Å². The number of rotatable bonds is 5. The number of aromatic nitrogens is 4. The summed E-state index contributed by atoms with van der Waals surface area (Å²) in [4.78, 5) is 40.5. The van der Waals surface area contributed by atoms with Gasteiger partial charge in [-0.25, -0.2) is 9.37 Å². The van der Waals surface area contributed by atoms with Crippen molar-refractivity contribution < 1.29 is 22.4 Å². The van der Waals surface area contributed by atoms with E-state index in [1.165, 1.54) is 37.4 Å². The molecule has 3 aromatic rings. The number of nitrogens with zero attached hydrogens (tertiary/aromatic N) is 8. The van der Waals surface area contributed by atoms with Crippen molar-refractivity contribution in [3.05, 3.63) is 58.5 Å². The van der Waals surface area contributed by atoms with Gasteiger partial charge in [0.25, 0.3) is 5.56 Å². The van der Waals surface area contributed by atoms with Crippen LogP contribution in [0.1, 0.15) is 30.4 Å². The van der Waals surface area contributed by atoms with Crippen molar-refractivity contribution in [2.45, 2.75) is 44.6 Å². The van der Waals surface area contributed by atoms with Crippen LogP contribution < -0.4 is 15.4 Å². The summed E-state index contributed by atoms with van der Waals surface area (Å²) in [6.45, 7) is 6.15. The molecule has 1 atom stereocenters. The zero-order chi connectivity index (χ0) is 30.2. The molecule has 0 bridgehead atoms. The van der Waals surface area contributed by atoms with Gasteiger partial charge < -0.3 is 14.7 Å². The lowest BCUT2D eigenvalue weighted by atomic mass is 10.1. The zero-order valence-corrected chi connectivity index (χ0v) is 22.8. The second-order valence-electron chi connectivity index (χ2n) is 10.3. The SMILES string of the molecule is C=CC(=O)N1CCN(c2nc(N3CCC(F)CC3)nc3c(=O)n(-c4cccc(C)c4C(F)(F)F)ncc23)CC1CC#N. The molecule has 0 spiro atoms. The van der Waals surface area contributed by atoms with Crippen molar-refractivity contribution in [2.75, 3.05) is 42.5 Å². The summed E-state index contributed by atoms with van der Waals surface area (Å²) in [6, 6.07) is 5.48. The number of hydrogen-bond donors (Lipinski definition) is 0. The van der Waals surface area contributed by atoms with Gasteiger partial charge >= 0.3 is 6.18 Å². The van der Waals surface area contributed by atoms with Crippen LogP contribution in [0, 0.1) is 18.3 Å². The normalized spacial score (nSPS) is 18.3. The van der Waals surface area contributed by atoms with E-state index in [1.54, 1.807) is 9.80 Å². The van der Waals surface area contributed by atoms with Crippen LogP contribution >= 0.6 is 0 Å². The molecule has 2 saturated heterocycles. The minimum atomic E-state index is -4.74. The van der Waals surface area contributed by atoms with Crippen LogP contribution in [-0.4, -0.2) is 75.5 Å². The first-order valence-corrected chi connectivity index (χ1v) is 13.4. The van der Waals surface area contributed by atoms with Crippen molar-refractivity contribution in [2.24, 2.45) is 0 Å². The Hall–Kier alpha value is -4.54.